The maximum Gasteiger partial charge on any atom is 0.254 e. The molecule has 5 nitrogen and oxygen atoms in total. The highest BCUT2D eigenvalue weighted by Crippen LogP contribution is 2.28. The normalized spacial score (nSPS) is 18.3. The van der Waals surface area contributed by atoms with Gasteiger partial charge in [-0.3, -0.25) is 4.79 Å². The first kappa shape index (κ1) is 26.5. The second kappa shape index (κ2) is 12.1. The minimum Gasteiger partial charge on any atom is -0.494 e. The van der Waals surface area contributed by atoms with Crippen LogP contribution < -0.4 is 9.64 Å². The minimum atomic E-state index is 0.168. The molecular weight excluding hydrogens is 446 g/mol. The molecule has 2 saturated heterocycles. The third kappa shape index (κ3) is 7.03. The average Bonchev–Trinajstić information content (AvgIpc) is 2.87. The maximum atomic E-state index is 13.2. The zero-order valence-electron chi connectivity index (χ0n) is 22.9. The highest BCUT2D eigenvalue weighted by molar-refractivity contribution is 5.96. The van der Waals surface area contributed by atoms with Crippen molar-refractivity contribution in [2.45, 2.75) is 59.8 Å². The van der Waals surface area contributed by atoms with Gasteiger partial charge in [0.1, 0.15) is 5.75 Å². The predicted octanol–water partition coefficient (Wildman–Crippen LogP) is 5.80. The largest absolute Gasteiger partial charge is 0.494 e. The number of amides is 1. The molecule has 0 spiro atoms. The second-order valence-corrected chi connectivity index (χ2v) is 11.4. The molecule has 2 aromatic carbocycles. The Morgan fingerprint density at radius 3 is 2.44 bits per heavy atom. The van der Waals surface area contributed by atoms with Crippen LogP contribution in [-0.2, 0) is 6.42 Å². The van der Waals surface area contributed by atoms with Gasteiger partial charge < -0.3 is 19.4 Å². The fourth-order valence-electron chi connectivity index (χ4n) is 5.65. The van der Waals surface area contributed by atoms with Crippen molar-refractivity contribution in [3.8, 4) is 5.75 Å². The number of nitrogens with zero attached hydrogens (tertiary/aromatic N) is 3. The molecule has 0 bridgehead atoms. The number of carbonyl (C=O) groups is 1. The Morgan fingerprint density at radius 2 is 1.75 bits per heavy atom. The van der Waals surface area contributed by atoms with E-state index in [0.717, 1.165) is 75.5 Å². The first-order valence-electron chi connectivity index (χ1n) is 13.9. The molecule has 2 aliphatic heterocycles. The Bertz CT molecular complexity index is 993. The summed E-state index contributed by atoms with van der Waals surface area (Å²) in [5, 5.41) is 0. The van der Waals surface area contributed by atoms with Crippen molar-refractivity contribution < 1.29 is 9.53 Å². The van der Waals surface area contributed by atoms with Crippen molar-refractivity contribution in [1.29, 1.82) is 0 Å². The highest BCUT2D eigenvalue weighted by atomic mass is 16.5. The molecule has 0 unspecified atom stereocenters. The SMILES string of the molecule is CCCc1ccc(C)c(C(=O)N2CCN(c3ccc(OCCCN4CCCC(C)(C)C4)cc3)CC2)c1. The smallest absolute Gasteiger partial charge is 0.254 e. The number of piperazine rings is 1. The van der Waals surface area contributed by atoms with E-state index in [1.165, 1.54) is 37.2 Å². The van der Waals surface area contributed by atoms with Crippen molar-refractivity contribution in [3.05, 3.63) is 59.2 Å². The van der Waals surface area contributed by atoms with Gasteiger partial charge in [0, 0.05) is 50.5 Å². The van der Waals surface area contributed by atoms with Gasteiger partial charge in [-0.25, -0.2) is 0 Å². The Hall–Kier alpha value is -2.53. The van der Waals surface area contributed by atoms with E-state index in [2.05, 4.69) is 73.0 Å². The molecule has 0 N–H and O–H groups in total. The molecule has 196 valence electrons. The van der Waals surface area contributed by atoms with Gasteiger partial charge >= 0.3 is 0 Å². The quantitative estimate of drug-likeness (QED) is 0.415. The van der Waals surface area contributed by atoms with Crippen LogP contribution in [-0.4, -0.2) is 68.1 Å². The summed E-state index contributed by atoms with van der Waals surface area (Å²) >= 11 is 0. The number of aryl methyl sites for hydroxylation is 2. The number of rotatable bonds is 9. The topological polar surface area (TPSA) is 36.0 Å². The van der Waals surface area contributed by atoms with Gasteiger partial charge in [-0.15, -0.1) is 0 Å². The number of piperidine rings is 1. The lowest BCUT2D eigenvalue weighted by molar-refractivity contribution is 0.0746. The van der Waals surface area contributed by atoms with Gasteiger partial charge in [-0.05, 0) is 86.0 Å². The molecule has 1 amide bonds. The van der Waals surface area contributed by atoms with E-state index in [4.69, 9.17) is 4.74 Å². The van der Waals surface area contributed by atoms with Gasteiger partial charge in [-0.1, -0.05) is 39.3 Å². The van der Waals surface area contributed by atoms with Crippen molar-refractivity contribution in [2.24, 2.45) is 5.41 Å². The van der Waals surface area contributed by atoms with Crippen LogP contribution in [0.15, 0.2) is 42.5 Å². The van der Waals surface area contributed by atoms with E-state index in [9.17, 15) is 4.79 Å². The van der Waals surface area contributed by atoms with Gasteiger partial charge in [-0.2, -0.15) is 0 Å². The number of benzene rings is 2. The molecule has 0 atom stereocenters. The Balaban J connectivity index is 1.22. The lowest BCUT2D eigenvalue weighted by Gasteiger charge is -2.38. The summed E-state index contributed by atoms with van der Waals surface area (Å²) in [5.41, 5.74) is 4.83. The summed E-state index contributed by atoms with van der Waals surface area (Å²) in [6.07, 6.45) is 5.82. The monoisotopic (exact) mass is 491 g/mol. The number of likely N-dealkylation sites (tertiary alicyclic amines) is 1. The molecule has 2 aliphatic rings. The van der Waals surface area contributed by atoms with Gasteiger partial charge in [0.2, 0.25) is 0 Å². The van der Waals surface area contributed by atoms with Crippen LogP contribution in [0, 0.1) is 12.3 Å². The molecule has 2 fully saturated rings. The standard InChI is InChI=1S/C31H45N3O2/c1-5-8-26-10-9-25(2)29(23-26)30(35)34-20-18-33(19-21-34)27-11-13-28(14-12-27)36-22-7-17-32-16-6-15-31(3,4)24-32/h9-14,23H,5-8,15-22,24H2,1-4H3. The van der Waals surface area contributed by atoms with E-state index < -0.39 is 0 Å². The summed E-state index contributed by atoms with van der Waals surface area (Å²) < 4.78 is 6.03. The van der Waals surface area contributed by atoms with Crippen molar-refractivity contribution >= 4 is 11.6 Å². The van der Waals surface area contributed by atoms with E-state index >= 15 is 0 Å². The lowest BCUT2D eigenvalue weighted by Crippen LogP contribution is -2.49. The summed E-state index contributed by atoms with van der Waals surface area (Å²) in [5.74, 6) is 1.11. The van der Waals surface area contributed by atoms with Crippen LogP contribution in [0.1, 0.15) is 67.9 Å². The third-order valence-electron chi connectivity index (χ3n) is 7.71. The first-order chi connectivity index (χ1) is 17.3. The maximum absolute atomic E-state index is 13.2. The summed E-state index contributed by atoms with van der Waals surface area (Å²) in [6, 6.07) is 14.8. The van der Waals surface area contributed by atoms with E-state index in [1.54, 1.807) is 0 Å². The zero-order chi connectivity index (χ0) is 25.5. The van der Waals surface area contributed by atoms with E-state index in [1.807, 2.05) is 11.8 Å². The van der Waals surface area contributed by atoms with Gasteiger partial charge in [0.25, 0.3) is 5.91 Å². The number of hydrogen-bond donors (Lipinski definition) is 0. The minimum absolute atomic E-state index is 0.168. The van der Waals surface area contributed by atoms with Crippen molar-refractivity contribution in [2.75, 3.05) is 57.3 Å². The molecule has 2 aromatic rings. The van der Waals surface area contributed by atoms with Crippen LogP contribution in [0.5, 0.6) is 5.75 Å². The molecular formula is C31H45N3O2. The van der Waals surface area contributed by atoms with Gasteiger partial charge in [0.05, 0.1) is 6.61 Å². The first-order valence-corrected chi connectivity index (χ1v) is 13.9. The molecule has 0 radical (unpaired) electrons. The highest BCUT2D eigenvalue weighted by Gasteiger charge is 2.26. The fraction of sp³-hybridized carbons (Fsp3) is 0.581. The summed E-state index contributed by atoms with van der Waals surface area (Å²) in [7, 11) is 0. The van der Waals surface area contributed by atoms with E-state index in [-0.39, 0.29) is 5.91 Å². The van der Waals surface area contributed by atoms with Crippen LogP contribution in [0.3, 0.4) is 0 Å². The summed E-state index contributed by atoms with van der Waals surface area (Å²) in [6.45, 7) is 16.5. The molecule has 5 heteroatoms. The predicted molar refractivity (Wildman–Crippen MR) is 149 cm³/mol. The fourth-order valence-corrected chi connectivity index (χ4v) is 5.65. The molecule has 2 heterocycles. The average molecular weight is 492 g/mol. The van der Waals surface area contributed by atoms with E-state index in [0.29, 0.717) is 5.41 Å². The van der Waals surface area contributed by atoms with Crippen LogP contribution in [0.4, 0.5) is 5.69 Å². The molecule has 0 aliphatic carbocycles. The van der Waals surface area contributed by atoms with Crippen LogP contribution in [0.2, 0.25) is 0 Å². The second-order valence-electron chi connectivity index (χ2n) is 11.4. The van der Waals surface area contributed by atoms with Crippen LogP contribution >= 0.6 is 0 Å². The van der Waals surface area contributed by atoms with Gasteiger partial charge in [0.15, 0.2) is 0 Å². The Labute approximate surface area is 218 Å². The number of carbonyl (C=O) groups excluding carboxylic acids is 1. The Kier molecular flexibility index (Phi) is 8.95. The van der Waals surface area contributed by atoms with Crippen molar-refractivity contribution in [1.82, 2.24) is 9.80 Å². The lowest BCUT2D eigenvalue weighted by atomic mass is 9.84. The number of ether oxygens (including phenoxy) is 1. The molecule has 36 heavy (non-hydrogen) atoms. The summed E-state index contributed by atoms with van der Waals surface area (Å²) in [4.78, 5) is 20.2. The molecule has 0 aromatic heterocycles. The Morgan fingerprint density at radius 1 is 1.00 bits per heavy atom. The van der Waals surface area contributed by atoms with Crippen molar-refractivity contribution in [3.63, 3.8) is 0 Å². The third-order valence-corrected chi connectivity index (χ3v) is 7.71. The molecule has 4 rings (SSSR count). The molecule has 0 saturated carbocycles. The number of anilines is 1. The number of hydrogen-bond acceptors (Lipinski definition) is 4. The zero-order valence-corrected chi connectivity index (χ0v) is 22.9. The van der Waals surface area contributed by atoms with Crippen LogP contribution in [0.25, 0.3) is 0 Å².